The first-order valence-electron chi connectivity index (χ1n) is 18.2. The summed E-state index contributed by atoms with van der Waals surface area (Å²) in [7, 11) is 0. The molecule has 6 rings (SSSR count). The Kier molecular flexibility index (Phi) is 10.4. The van der Waals surface area contributed by atoms with E-state index in [1.54, 1.807) is 23.1 Å². The standard InChI is InChI=1S/C49H52S2/c1-11-39(50-12-2)24-21-36-29-43(34(20-25-40-19-16-28-51-40)30-44(36)47(5,6)33(3)4)35-22-26-41-42-27-23-38(32-46(42)49(9,10)45(41)31-35)48(7,8)37-17-14-13-15-18-37/h11-33H,2H2,1,3-10H3/b24-21+,25-20+,39-11-. The van der Waals surface area contributed by atoms with E-state index < -0.39 is 0 Å². The Morgan fingerprint density at radius 1 is 0.745 bits per heavy atom. The minimum atomic E-state index is -0.137. The van der Waals surface area contributed by atoms with E-state index in [0.29, 0.717) is 5.92 Å². The molecule has 4 aromatic carbocycles. The minimum absolute atomic E-state index is 0.0296. The molecule has 0 nitrogen and oxygen atoms in total. The van der Waals surface area contributed by atoms with Crippen molar-refractivity contribution >= 4 is 41.3 Å². The predicted molar refractivity (Wildman–Crippen MR) is 230 cm³/mol. The highest BCUT2D eigenvalue weighted by atomic mass is 32.2. The molecular weight excluding hydrogens is 653 g/mol. The lowest BCUT2D eigenvalue weighted by atomic mass is 9.72. The first-order valence-corrected chi connectivity index (χ1v) is 19.9. The van der Waals surface area contributed by atoms with Gasteiger partial charge in [0.05, 0.1) is 0 Å². The summed E-state index contributed by atoms with van der Waals surface area (Å²) in [6.07, 6.45) is 11.3. The molecule has 0 atom stereocenters. The summed E-state index contributed by atoms with van der Waals surface area (Å²) >= 11 is 3.44. The van der Waals surface area contributed by atoms with Crippen molar-refractivity contribution in [1.29, 1.82) is 0 Å². The van der Waals surface area contributed by atoms with E-state index in [0.717, 1.165) is 0 Å². The fourth-order valence-corrected chi connectivity index (χ4v) is 8.47. The van der Waals surface area contributed by atoms with Gasteiger partial charge in [-0.1, -0.05) is 159 Å². The lowest BCUT2D eigenvalue weighted by Crippen LogP contribution is -2.25. The van der Waals surface area contributed by atoms with Crippen LogP contribution in [0.15, 0.2) is 125 Å². The molecule has 0 saturated heterocycles. The molecule has 0 unspecified atom stereocenters. The second-order valence-corrected chi connectivity index (χ2v) is 17.7. The Morgan fingerprint density at radius 3 is 2.10 bits per heavy atom. The molecule has 0 bridgehead atoms. The average molecular weight is 705 g/mol. The summed E-state index contributed by atoms with van der Waals surface area (Å²) in [5.41, 5.74) is 14.3. The molecule has 0 saturated carbocycles. The summed E-state index contributed by atoms with van der Waals surface area (Å²) < 4.78 is 0. The van der Waals surface area contributed by atoms with Gasteiger partial charge in [0.15, 0.2) is 0 Å². The number of allylic oxidation sites excluding steroid dienone is 2. The van der Waals surface area contributed by atoms with Crippen LogP contribution in [0.3, 0.4) is 0 Å². The van der Waals surface area contributed by atoms with Gasteiger partial charge in [-0.05, 0) is 127 Å². The molecule has 2 heteroatoms. The summed E-state index contributed by atoms with van der Waals surface area (Å²) in [4.78, 5) is 2.45. The molecule has 1 aliphatic rings. The molecule has 1 aromatic heterocycles. The summed E-state index contributed by atoms with van der Waals surface area (Å²) in [5.74, 6) is 0.462. The number of benzene rings is 4. The van der Waals surface area contributed by atoms with Crippen LogP contribution in [-0.4, -0.2) is 0 Å². The zero-order chi connectivity index (χ0) is 36.6. The molecule has 51 heavy (non-hydrogen) atoms. The van der Waals surface area contributed by atoms with Gasteiger partial charge in [-0.15, -0.1) is 11.3 Å². The first kappa shape index (κ1) is 36.7. The van der Waals surface area contributed by atoms with E-state index in [4.69, 9.17) is 0 Å². The molecule has 1 aliphatic carbocycles. The molecule has 0 N–H and O–H groups in total. The Labute approximate surface area is 315 Å². The second-order valence-electron chi connectivity index (χ2n) is 15.7. The van der Waals surface area contributed by atoms with E-state index in [9.17, 15) is 0 Å². The zero-order valence-electron chi connectivity index (χ0n) is 31.8. The number of fused-ring (bicyclic) bond motifs is 3. The van der Waals surface area contributed by atoms with Crippen molar-refractivity contribution in [3.05, 3.63) is 169 Å². The third-order valence-corrected chi connectivity index (χ3v) is 13.1. The number of hydrogen-bond acceptors (Lipinski definition) is 2. The van der Waals surface area contributed by atoms with Gasteiger partial charge >= 0.3 is 0 Å². The van der Waals surface area contributed by atoms with Gasteiger partial charge in [0.2, 0.25) is 0 Å². The van der Waals surface area contributed by atoms with Crippen molar-refractivity contribution in [3.63, 3.8) is 0 Å². The van der Waals surface area contributed by atoms with E-state index in [2.05, 4.69) is 196 Å². The van der Waals surface area contributed by atoms with Crippen LogP contribution >= 0.6 is 23.1 Å². The fraction of sp³-hybridized carbons (Fsp3) is 0.265. The highest BCUT2D eigenvalue weighted by Crippen LogP contribution is 2.51. The van der Waals surface area contributed by atoms with Gasteiger partial charge < -0.3 is 0 Å². The largest absolute Gasteiger partial charge is 0.144 e. The maximum absolute atomic E-state index is 3.96. The van der Waals surface area contributed by atoms with E-state index in [1.807, 2.05) is 5.41 Å². The Balaban J connectivity index is 1.51. The fourth-order valence-electron chi connectivity index (χ4n) is 7.37. The Morgan fingerprint density at radius 2 is 1.45 bits per heavy atom. The van der Waals surface area contributed by atoms with E-state index >= 15 is 0 Å². The number of thioether (sulfide) groups is 1. The maximum Gasteiger partial charge on any atom is 0.0270 e. The average Bonchev–Trinajstić information content (AvgIpc) is 3.73. The highest BCUT2D eigenvalue weighted by molar-refractivity contribution is 8.06. The molecule has 0 spiro atoms. The van der Waals surface area contributed by atoms with Crippen molar-refractivity contribution in [3.8, 4) is 22.3 Å². The third kappa shape index (κ3) is 7.06. The molecule has 0 radical (unpaired) electrons. The summed E-state index contributed by atoms with van der Waals surface area (Å²) in [5, 5.41) is 4.05. The van der Waals surface area contributed by atoms with E-state index in [1.165, 1.54) is 71.0 Å². The van der Waals surface area contributed by atoms with Gasteiger partial charge in [0, 0.05) is 20.6 Å². The van der Waals surface area contributed by atoms with Crippen LogP contribution in [-0.2, 0) is 16.2 Å². The predicted octanol–water partition coefficient (Wildman–Crippen LogP) is 14.9. The monoisotopic (exact) mass is 704 g/mol. The molecule has 0 fully saturated rings. The minimum Gasteiger partial charge on any atom is -0.144 e. The van der Waals surface area contributed by atoms with E-state index in [-0.39, 0.29) is 16.2 Å². The topological polar surface area (TPSA) is 0 Å². The van der Waals surface area contributed by atoms with Gasteiger partial charge in [0.1, 0.15) is 0 Å². The van der Waals surface area contributed by atoms with Gasteiger partial charge in [-0.3, -0.25) is 0 Å². The highest BCUT2D eigenvalue weighted by Gasteiger charge is 2.37. The van der Waals surface area contributed by atoms with Crippen LogP contribution in [0.1, 0.15) is 106 Å². The second kappa shape index (κ2) is 14.5. The number of thiophene rings is 1. The van der Waals surface area contributed by atoms with Crippen LogP contribution in [0.4, 0.5) is 0 Å². The molecule has 5 aromatic rings. The Bertz CT molecular complexity index is 2130. The normalized spacial score (nSPS) is 14.4. The molecule has 260 valence electrons. The van der Waals surface area contributed by atoms with Gasteiger partial charge in [-0.25, -0.2) is 0 Å². The summed E-state index contributed by atoms with van der Waals surface area (Å²) in [6.45, 7) is 25.0. The molecular formula is C49H52S2. The van der Waals surface area contributed by atoms with Crippen molar-refractivity contribution in [2.75, 3.05) is 0 Å². The molecule has 0 aliphatic heterocycles. The number of rotatable bonds is 11. The first-order chi connectivity index (χ1) is 24.3. The molecule has 1 heterocycles. The smallest absolute Gasteiger partial charge is 0.0270 e. The van der Waals surface area contributed by atoms with Crippen molar-refractivity contribution in [2.45, 2.75) is 78.6 Å². The molecule has 0 amide bonds. The van der Waals surface area contributed by atoms with Crippen LogP contribution in [0.5, 0.6) is 0 Å². The van der Waals surface area contributed by atoms with Crippen molar-refractivity contribution in [1.82, 2.24) is 0 Å². The SMILES string of the molecule is C=CSC(=C\C)/C=C/c1cc(-c2ccc3c(c2)C(C)(C)c2cc(C(C)(C)c4ccccc4)ccc2-3)c(/C=C/c2cccs2)cc1C(C)(C)C(C)C. The van der Waals surface area contributed by atoms with Crippen LogP contribution in [0, 0.1) is 5.92 Å². The number of hydrogen-bond donors (Lipinski definition) is 0. The quantitative estimate of drug-likeness (QED) is 0.123. The maximum atomic E-state index is 3.96. The lowest BCUT2D eigenvalue weighted by Gasteiger charge is -2.32. The van der Waals surface area contributed by atoms with Crippen LogP contribution < -0.4 is 0 Å². The van der Waals surface area contributed by atoms with Gasteiger partial charge in [0.25, 0.3) is 0 Å². The van der Waals surface area contributed by atoms with Crippen molar-refractivity contribution < 1.29 is 0 Å². The third-order valence-electron chi connectivity index (χ3n) is 11.5. The zero-order valence-corrected chi connectivity index (χ0v) is 33.4. The lowest BCUT2D eigenvalue weighted by molar-refractivity contribution is 0.371. The van der Waals surface area contributed by atoms with Crippen molar-refractivity contribution in [2.24, 2.45) is 5.92 Å². The Hall–Kier alpha value is -4.11. The summed E-state index contributed by atoms with van der Waals surface area (Å²) in [6, 6.07) is 34.5. The van der Waals surface area contributed by atoms with Crippen LogP contribution in [0.2, 0.25) is 0 Å². The van der Waals surface area contributed by atoms with Gasteiger partial charge in [-0.2, -0.15) is 0 Å². The van der Waals surface area contributed by atoms with Crippen LogP contribution in [0.25, 0.3) is 40.5 Å².